The molecule has 0 saturated heterocycles. The molecule has 0 atom stereocenters. The fraction of sp³-hybridized carbons (Fsp3) is 0.0800. The van der Waals surface area contributed by atoms with E-state index in [1.807, 2.05) is 25.1 Å². The van der Waals surface area contributed by atoms with Crippen LogP contribution < -0.4 is 10.6 Å². The molecule has 0 aliphatic heterocycles. The second kappa shape index (κ2) is 9.75. The molecular weight excluding hydrogens is 410 g/mol. The molecule has 0 bridgehead atoms. The van der Waals surface area contributed by atoms with Crippen LogP contribution in [-0.4, -0.2) is 11.8 Å². The second-order valence-electron chi connectivity index (χ2n) is 6.98. The molecule has 31 heavy (non-hydrogen) atoms. The van der Waals surface area contributed by atoms with Crippen molar-refractivity contribution in [2.45, 2.75) is 13.8 Å². The highest BCUT2D eigenvalue weighted by Gasteiger charge is 2.12. The maximum atomic E-state index is 12.6. The van der Waals surface area contributed by atoms with Crippen molar-refractivity contribution < 1.29 is 9.59 Å². The van der Waals surface area contributed by atoms with E-state index in [1.54, 1.807) is 61.5 Å². The maximum absolute atomic E-state index is 12.6. The predicted octanol–water partition coefficient (Wildman–Crippen LogP) is 5.75. The molecule has 5 nitrogen and oxygen atoms in total. The minimum absolute atomic E-state index is 0.0682. The van der Waals surface area contributed by atoms with E-state index in [-0.39, 0.29) is 11.5 Å². The molecule has 154 valence electrons. The van der Waals surface area contributed by atoms with Crippen LogP contribution in [0, 0.1) is 25.2 Å². The van der Waals surface area contributed by atoms with E-state index in [9.17, 15) is 14.9 Å². The lowest BCUT2D eigenvalue weighted by atomic mass is 10.1. The van der Waals surface area contributed by atoms with Gasteiger partial charge in [-0.1, -0.05) is 47.5 Å². The van der Waals surface area contributed by atoms with Crippen LogP contribution in [0.1, 0.15) is 27.0 Å². The first-order chi connectivity index (χ1) is 14.9. The Morgan fingerprint density at radius 2 is 1.68 bits per heavy atom. The lowest BCUT2D eigenvalue weighted by molar-refractivity contribution is -0.112. The van der Waals surface area contributed by atoms with Gasteiger partial charge in [-0.25, -0.2) is 0 Å². The Balaban J connectivity index is 1.77. The normalized spacial score (nSPS) is 10.8. The van der Waals surface area contributed by atoms with Crippen LogP contribution in [0.3, 0.4) is 0 Å². The minimum Gasteiger partial charge on any atom is -0.322 e. The lowest BCUT2D eigenvalue weighted by Gasteiger charge is -2.09. The van der Waals surface area contributed by atoms with Gasteiger partial charge in [-0.2, -0.15) is 5.26 Å². The first-order valence-corrected chi connectivity index (χ1v) is 9.91. The Kier molecular flexibility index (Phi) is 6.86. The standard InChI is InChI=1S/C25H20ClN3O2/c1-16-9-11-19(12-10-16)24(30)28-21-6-3-5-18(14-21)13-20(15-27)25(31)29-23-8-4-7-22(26)17(23)2/h3-14H,1-2H3,(H,28,30)(H,29,31)/b20-13+. The van der Waals surface area contributed by atoms with Crippen LogP contribution in [0.25, 0.3) is 6.08 Å². The fourth-order valence-corrected chi connectivity index (χ4v) is 3.04. The number of hydrogen-bond acceptors (Lipinski definition) is 3. The Morgan fingerprint density at radius 3 is 2.39 bits per heavy atom. The van der Waals surface area contributed by atoms with Gasteiger partial charge in [0, 0.05) is 22.0 Å². The van der Waals surface area contributed by atoms with E-state index in [0.717, 1.165) is 11.1 Å². The molecule has 0 radical (unpaired) electrons. The zero-order valence-electron chi connectivity index (χ0n) is 17.1. The molecule has 3 aromatic carbocycles. The van der Waals surface area contributed by atoms with Crippen LogP contribution in [0.4, 0.5) is 11.4 Å². The molecule has 0 fully saturated rings. The van der Waals surface area contributed by atoms with E-state index >= 15 is 0 Å². The predicted molar refractivity (Wildman–Crippen MR) is 124 cm³/mol. The summed E-state index contributed by atoms with van der Waals surface area (Å²) in [6.45, 7) is 3.74. The highest BCUT2D eigenvalue weighted by molar-refractivity contribution is 6.31. The number of nitrogens with zero attached hydrogens (tertiary/aromatic N) is 1. The number of benzene rings is 3. The van der Waals surface area contributed by atoms with Gasteiger partial charge in [0.25, 0.3) is 11.8 Å². The molecule has 2 amide bonds. The van der Waals surface area contributed by atoms with Crippen molar-refractivity contribution in [1.82, 2.24) is 0 Å². The van der Waals surface area contributed by atoms with Gasteiger partial charge in [0.15, 0.2) is 0 Å². The third-order valence-electron chi connectivity index (χ3n) is 4.65. The molecule has 0 aliphatic rings. The van der Waals surface area contributed by atoms with Gasteiger partial charge in [0.05, 0.1) is 0 Å². The topological polar surface area (TPSA) is 82.0 Å². The number of carbonyl (C=O) groups excluding carboxylic acids is 2. The lowest BCUT2D eigenvalue weighted by Crippen LogP contribution is -2.14. The first-order valence-electron chi connectivity index (χ1n) is 9.53. The Labute approximate surface area is 186 Å². The van der Waals surface area contributed by atoms with Gasteiger partial charge in [0.2, 0.25) is 0 Å². The number of nitriles is 1. The van der Waals surface area contributed by atoms with Crippen LogP contribution in [0.15, 0.2) is 72.3 Å². The zero-order valence-corrected chi connectivity index (χ0v) is 17.8. The summed E-state index contributed by atoms with van der Waals surface area (Å²) in [6, 6.07) is 21.3. The van der Waals surface area contributed by atoms with Gasteiger partial charge in [-0.15, -0.1) is 0 Å². The van der Waals surface area contributed by atoms with Gasteiger partial charge in [-0.05, 0) is 67.4 Å². The summed E-state index contributed by atoms with van der Waals surface area (Å²) in [7, 11) is 0. The van der Waals surface area contributed by atoms with Crippen LogP contribution in [0.2, 0.25) is 5.02 Å². The van der Waals surface area contributed by atoms with Crippen molar-refractivity contribution in [2.24, 2.45) is 0 Å². The number of rotatable bonds is 5. The highest BCUT2D eigenvalue weighted by atomic mass is 35.5. The van der Waals surface area contributed by atoms with Crippen molar-refractivity contribution in [3.8, 4) is 6.07 Å². The van der Waals surface area contributed by atoms with Crippen molar-refractivity contribution in [2.75, 3.05) is 10.6 Å². The molecule has 3 rings (SSSR count). The van der Waals surface area contributed by atoms with Gasteiger partial charge in [0.1, 0.15) is 11.6 Å². The van der Waals surface area contributed by atoms with Gasteiger partial charge < -0.3 is 10.6 Å². The average molecular weight is 430 g/mol. The summed E-state index contributed by atoms with van der Waals surface area (Å²) in [5.74, 6) is -0.780. The molecule has 3 aromatic rings. The maximum Gasteiger partial charge on any atom is 0.266 e. The third kappa shape index (κ3) is 5.59. The molecule has 0 spiro atoms. The molecule has 0 aliphatic carbocycles. The summed E-state index contributed by atoms with van der Waals surface area (Å²) >= 11 is 6.09. The fourth-order valence-electron chi connectivity index (χ4n) is 2.86. The van der Waals surface area contributed by atoms with Crippen molar-refractivity contribution in [3.63, 3.8) is 0 Å². The summed E-state index contributed by atoms with van der Waals surface area (Å²) in [5, 5.41) is 15.5. The minimum atomic E-state index is -0.540. The van der Waals surface area contributed by atoms with E-state index < -0.39 is 5.91 Å². The zero-order chi connectivity index (χ0) is 22.4. The summed E-state index contributed by atoms with van der Waals surface area (Å²) in [6.07, 6.45) is 1.47. The highest BCUT2D eigenvalue weighted by Crippen LogP contribution is 2.23. The second-order valence-corrected chi connectivity index (χ2v) is 7.39. The SMILES string of the molecule is Cc1ccc(C(=O)Nc2cccc(/C=C(\C#N)C(=O)Nc3cccc(Cl)c3C)c2)cc1. The van der Waals surface area contributed by atoms with E-state index in [0.29, 0.717) is 27.5 Å². The molecule has 0 aromatic heterocycles. The molecular formula is C25H20ClN3O2. The van der Waals surface area contributed by atoms with Crippen LogP contribution in [-0.2, 0) is 4.79 Å². The first kappa shape index (κ1) is 21.8. The van der Waals surface area contributed by atoms with Crippen LogP contribution >= 0.6 is 11.6 Å². The number of aryl methyl sites for hydroxylation is 1. The summed E-state index contributed by atoms with van der Waals surface area (Å²) in [4.78, 5) is 25.0. The number of nitrogens with one attached hydrogen (secondary N) is 2. The number of halogens is 1. The smallest absolute Gasteiger partial charge is 0.266 e. The van der Waals surface area contributed by atoms with Crippen molar-refractivity contribution in [3.05, 3.63) is 99.6 Å². The number of carbonyl (C=O) groups is 2. The monoisotopic (exact) mass is 429 g/mol. The Morgan fingerprint density at radius 1 is 0.968 bits per heavy atom. The van der Waals surface area contributed by atoms with Gasteiger partial charge in [-0.3, -0.25) is 9.59 Å². The molecule has 6 heteroatoms. The quantitative estimate of drug-likeness (QED) is 0.400. The van der Waals surface area contributed by atoms with E-state index in [4.69, 9.17) is 11.6 Å². The van der Waals surface area contributed by atoms with Crippen molar-refractivity contribution in [1.29, 1.82) is 5.26 Å². The molecule has 0 unspecified atom stereocenters. The van der Waals surface area contributed by atoms with E-state index in [1.165, 1.54) is 6.08 Å². The summed E-state index contributed by atoms with van der Waals surface area (Å²) < 4.78 is 0. The number of amides is 2. The summed E-state index contributed by atoms with van der Waals surface area (Å²) in [5.41, 5.74) is 3.97. The molecule has 0 saturated carbocycles. The van der Waals surface area contributed by atoms with Gasteiger partial charge >= 0.3 is 0 Å². The van der Waals surface area contributed by atoms with Crippen LogP contribution in [0.5, 0.6) is 0 Å². The Bertz CT molecular complexity index is 1210. The van der Waals surface area contributed by atoms with Crippen molar-refractivity contribution >= 4 is 40.9 Å². The van der Waals surface area contributed by atoms with E-state index in [2.05, 4.69) is 10.6 Å². The third-order valence-corrected chi connectivity index (χ3v) is 5.06. The Hall–Kier alpha value is -3.88. The number of hydrogen-bond donors (Lipinski definition) is 2. The molecule has 2 N–H and O–H groups in total. The average Bonchev–Trinajstić information content (AvgIpc) is 2.76. The largest absolute Gasteiger partial charge is 0.322 e. The molecule has 0 heterocycles. The number of anilines is 2.